The number of sulfonamides is 1. The Morgan fingerprint density at radius 3 is 2.18 bits per heavy atom. The summed E-state index contributed by atoms with van der Waals surface area (Å²) in [5, 5.41) is 12.9. The third-order valence-corrected chi connectivity index (χ3v) is 4.69. The maximum Gasteiger partial charge on any atom is 0.408 e. The number of nitrogens with zero attached hydrogens (tertiary/aromatic N) is 2. The highest BCUT2D eigenvalue weighted by Crippen LogP contribution is 2.24. The van der Waals surface area contributed by atoms with Crippen molar-refractivity contribution in [3.63, 3.8) is 0 Å². The normalized spacial score (nSPS) is 11.1. The van der Waals surface area contributed by atoms with Crippen LogP contribution in [0.15, 0.2) is 29.2 Å². The monoisotopic (exact) mass is 419 g/mol. The molecule has 1 amide bonds. The van der Waals surface area contributed by atoms with Crippen LogP contribution in [0.5, 0.6) is 0 Å². The molecular weight excluding hydrogens is 394 g/mol. The largest absolute Gasteiger partial charge is 0.468 e. The predicted octanol–water partition coefficient (Wildman–Crippen LogP) is 1.53. The van der Waals surface area contributed by atoms with Gasteiger partial charge in [0, 0.05) is 20.2 Å². The summed E-state index contributed by atoms with van der Waals surface area (Å²) >= 11 is 0. The Morgan fingerprint density at radius 1 is 1.21 bits per heavy atom. The second-order valence-electron chi connectivity index (χ2n) is 6.44. The first-order valence-corrected chi connectivity index (χ1v) is 9.36. The summed E-state index contributed by atoms with van der Waals surface area (Å²) in [6.07, 6.45) is -0.627. The van der Waals surface area contributed by atoms with E-state index < -0.39 is 38.3 Å². The lowest BCUT2D eigenvalue weighted by Crippen LogP contribution is -2.35. The quantitative estimate of drug-likeness (QED) is 0.429. The number of nitrogens with one attached hydrogen (secondary N) is 1. The van der Waals surface area contributed by atoms with Crippen LogP contribution in [0, 0.1) is 10.1 Å². The van der Waals surface area contributed by atoms with Crippen molar-refractivity contribution in [3.8, 4) is 0 Å². The van der Waals surface area contributed by atoms with Crippen LogP contribution < -0.4 is 5.32 Å². The summed E-state index contributed by atoms with van der Waals surface area (Å²) in [5.74, 6) is -0.508. The van der Waals surface area contributed by atoms with Crippen LogP contribution in [-0.4, -0.2) is 63.1 Å². The van der Waals surface area contributed by atoms with Crippen molar-refractivity contribution in [2.24, 2.45) is 0 Å². The Kier molecular flexibility index (Phi) is 9.53. The van der Waals surface area contributed by atoms with Gasteiger partial charge in [-0.15, -0.1) is 0 Å². The van der Waals surface area contributed by atoms with E-state index in [-0.39, 0.29) is 11.4 Å². The zero-order chi connectivity index (χ0) is 22.1. The SMILES string of the molecule is CN(C)S(=O)(=O)c1ccccc1[N+](=O)[O-].COC(=O)CNC(=O)OC(C)(C)C. The maximum atomic E-state index is 11.7. The molecule has 28 heavy (non-hydrogen) atoms. The molecule has 0 unspecified atom stereocenters. The number of benzene rings is 1. The van der Waals surface area contributed by atoms with E-state index in [1.807, 2.05) is 0 Å². The number of carbonyl (C=O) groups is 2. The molecule has 0 aliphatic heterocycles. The molecule has 11 nitrogen and oxygen atoms in total. The Labute approximate surface area is 163 Å². The van der Waals surface area contributed by atoms with Gasteiger partial charge in [0.1, 0.15) is 12.1 Å². The highest BCUT2D eigenvalue weighted by molar-refractivity contribution is 7.89. The number of ether oxygens (including phenoxy) is 2. The van der Waals surface area contributed by atoms with E-state index in [2.05, 4.69) is 10.1 Å². The van der Waals surface area contributed by atoms with Gasteiger partial charge in [0.2, 0.25) is 10.0 Å². The van der Waals surface area contributed by atoms with Gasteiger partial charge in [-0.3, -0.25) is 14.9 Å². The lowest BCUT2D eigenvalue weighted by molar-refractivity contribution is -0.387. The Hall–Kier alpha value is -2.73. The standard InChI is InChI=1S/C8H10N2O4S.C8H15NO4/c1-9(2)15(13,14)8-6-4-3-5-7(8)10(11)12;1-8(2,3)13-7(11)9-5-6(10)12-4/h3-6H,1-2H3;5H2,1-4H3,(H,9,11). The zero-order valence-corrected chi connectivity index (χ0v) is 17.4. The lowest BCUT2D eigenvalue weighted by atomic mass is 10.2. The topological polar surface area (TPSA) is 145 Å². The van der Waals surface area contributed by atoms with E-state index in [0.717, 1.165) is 10.4 Å². The fourth-order valence-electron chi connectivity index (χ4n) is 1.55. The van der Waals surface area contributed by atoms with Crippen LogP contribution >= 0.6 is 0 Å². The maximum absolute atomic E-state index is 11.7. The molecule has 0 spiro atoms. The third-order valence-electron chi connectivity index (χ3n) is 2.82. The van der Waals surface area contributed by atoms with Gasteiger partial charge < -0.3 is 14.8 Å². The summed E-state index contributed by atoms with van der Waals surface area (Å²) in [6.45, 7) is 5.05. The molecule has 1 rings (SSSR count). The van der Waals surface area contributed by atoms with Crippen LogP contribution in [0.4, 0.5) is 10.5 Å². The Balaban J connectivity index is 0.000000528. The van der Waals surface area contributed by atoms with Crippen molar-refractivity contribution >= 4 is 27.8 Å². The van der Waals surface area contributed by atoms with Crippen LogP contribution in [-0.2, 0) is 24.3 Å². The summed E-state index contributed by atoms with van der Waals surface area (Å²) in [6, 6.07) is 5.25. The average Bonchev–Trinajstić information content (AvgIpc) is 2.58. The van der Waals surface area contributed by atoms with Gasteiger partial charge in [0.25, 0.3) is 5.69 Å². The highest BCUT2D eigenvalue weighted by Gasteiger charge is 2.26. The fraction of sp³-hybridized carbons (Fsp3) is 0.500. The molecule has 0 atom stereocenters. The molecule has 12 heteroatoms. The molecule has 1 aromatic carbocycles. The van der Waals surface area contributed by atoms with E-state index in [1.165, 1.54) is 39.4 Å². The van der Waals surface area contributed by atoms with Gasteiger partial charge in [-0.25, -0.2) is 17.5 Å². The first-order valence-electron chi connectivity index (χ1n) is 7.92. The molecule has 0 bridgehead atoms. The number of alkyl carbamates (subject to hydrolysis) is 1. The minimum atomic E-state index is -3.76. The number of nitro groups is 1. The van der Waals surface area contributed by atoms with Crippen LogP contribution in [0.25, 0.3) is 0 Å². The van der Waals surface area contributed by atoms with E-state index >= 15 is 0 Å². The minimum absolute atomic E-state index is 0.175. The number of hydrogen-bond acceptors (Lipinski definition) is 8. The average molecular weight is 419 g/mol. The fourth-order valence-corrected chi connectivity index (χ4v) is 2.60. The first-order chi connectivity index (χ1) is 12.7. The molecule has 1 aromatic rings. The Morgan fingerprint density at radius 2 is 1.75 bits per heavy atom. The molecule has 0 heterocycles. The predicted molar refractivity (Wildman–Crippen MR) is 100 cm³/mol. The number of carbonyl (C=O) groups excluding carboxylic acids is 2. The highest BCUT2D eigenvalue weighted by atomic mass is 32.2. The summed E-state index contributed by atoms with van der Waals surface area (Å²) in [5.41, 5.74) is -0.966. The van der Waals surface area contributed by atoms with E-state index in [9.17, 15) is 28.1 Å². The van der Waals surface area contributed by atoms with Crippen LogP contribution in [0.2, 0.25) is 0 Å². The third kappa shape index (κ3) is 8.77. The zero-order valence-electron chi connectivity index (χ0n) is 16.6. The number of amides is 1. The smallest absolute Gasteiger partial charge is 0.408 e. The molecule has 0 saturated carbocycles. The summed E-state index contributed by atoms with van der Waals surface area (Å²) in [7, 11) is 0.139. The van der Waals surface area contributed by atoms with Crippen LogP contribution in [0.1, 0.15) is 20.8 Å². The number of esters is 1. The van der Waals surface area contributed by atoms with Crippen molar-refractivity contribution in [2.75, 3.05) is 27.7 Å². The van der Waals surface area contributed by atoms with Gasteiger partial charge >= 0.3 is 12.1 Å². The molecule has 158 valence electrons. The van der Waals surface area contributed by atoms with Gasteiger partial charge in [-0.1, -0.05) is 12.1 Å². The number of hydrogen-bond donors (Lipinski definition) is 1. The second kappa shape index (κ2) is 10.6. The lowest BCUT2D eigenvalue weighted by Gasteiger charge is -2.19. The molecular formula is C16H25N3O8S. The van der Waals surface area contributed by atoms with Crippen molar-refractivity contribution in [3.05, 3.63) is 34.4 Å². The number of methoxy groups -OCH3 is 1. The van der Waals surface area contributed by atoms with Crippen molar-refractivity contribution in [2.45, 2.75) is 31.3 Å². The number of nitro benzene ring substituents is 1. The van der Waals surface area contributed by atoms with Gasteiger partial charge in [0.05, 0.1) is 12.0 Å². The number of rotatable bonds is 5. The van der Waals surface area contributed by atoms with Crippen molar-refractivity contribution < 1.29 is 32.4 Å². The molecule has 0 saturated heterocycles. The molecule has 0 fully saturated rings. The first kappa shape index (κ1) is 25.3. The molecule has 0 aliphatic carbocycles. The van der Waals surface area contributed by atoms with E-state index in [4.69, 9.17) is 4.74 Å². The minimum Gasteiger partial charge on any atom is -0.468 e. The van der Waals surface area contributed by atoms with Crippen molar-refractivity contribution in [1.82, 2.24) is 9.62 Å². The number of para-hydroxylation sites is 1. The van der Waals surface area contributed by atoms with Crippen LogP contribution in [0.3, 0.4) is 0 Å². The Bertz CT molecular complexity index is 800. The van der Waals surface area contributed by atoms with E-state index in [1.54, 1.807) is 20.8 Å². The molecule has 1 N–H and O–H groups in total. The summed E-state index contributed by atoms with van der Waals surface area (Å²) < 4.78 is 33.5. The van der Waals surface area contributed by atoms with Gasteiger partial charge in [0.15, 0.2) is 4.90 Å². The van der Waals surface area contributed by atoms with Gasteiger partial charge in [-0.05, 0) is 26.8 Å². The molecule has 0 aliphatic rings. The van der Waals surface area contributed by atoms with Gasteiger partial charge in [-0.2, -0.15) is 0 Å². The summed E-state index contributed by atoms with van der Waals surface area (Å²) in [4.78, 5) is 31.1. The molecule has 0 aromatic heterocycles. The van der Waals surface area contributed by atoms with E-state index in [0.29, 0.717) is 0 Å². The van der Waals surface area contributed by atoms with Crippen molar-refractivity contribution in [1.29, 1.82) is 0 Å². The molecule has 0 radical (unpaired) electrons. The second-order valence-corrected chi connectivity index (χ2v) is 8.56.